The lowest BCUT2D eigenvalue weighted by Gasteiger charge is -2.12. The van der Waals surface area contributed by atoms with Gasteiger partial charge in [0.05, 0.1) is 4.88 Å². The smallest absolute Gasteiger partial charge is 0.326 e. The standard InChI is InChI=1S/C11H15NO4S/c1-2-7-3-4-9(17-7)10(14)12-8(5-6-13)11(15)16/h3-4,8,13H,2,5-6H2,1H3,(H,12,14)(H,15,16). The maximum Gasteiger partial charge on any atom is 0.326 e. The van der Waals surface area contributed by atoms with Crippen molar-refractivity contribution < 1.29 is 19.8 Å². The molecule has 0 aliphatic carbocycles. The summed E-state index contributed by atoms with van der Waals surface area (Å²) in [7, 11) is 0. The van der Waals surface area contributed by atoms with Crippen molar-refractivity contribution in [3.63, 3.8) is 0 Å². The molecular weight excluding hydrogens is 242 g/mol. The number of aliphatic carboxylic acids is 1. The lowest BCUT2D eigenvalue weighted by Crippen LogP contribution is -2.41. The molecule has 0 aromatic carbocycles. The van der Waals surface area contributed by atoms with Crippen LogP contribution in [0.15, 0.2) is 12.1 Å². The number of thiophene rings is 1. The molecule has 1 aromatic rings. The summed E-state index contributed by atoms with van der Waals surface area (Å²) >= 11 is 1.35. The van der Waals surface area contributed by atoms with Gasteiger partial charge in [0.2, 0.25) is 0 Å². The van der Waals surface area contributed by atoms with E-state index in [1.807, 2.05) is 13.0 Å². The molecule has 0 bridgehead atoms. The number of carbonyl (C=O) groups is 2. The van der Waals surface area contributed by atoms with Crippen LogP contribution in [0.1, 0.15) is 27.9 Å². The zero-order chi connectivity index (χ0) is 12.8. The van der Waals surface area contributed by atoms with Crippen molar-refractivity contribution in [2.24, 2.45) is 0 Å². The molecule has 0 aliphatic rings. The van der Waals surface area contributed by atoms with Gasteiger partial charge in [-0.15, -0.1) is 11.3 Å². The zero-order valence-electron chi connectivity index (χ0n) is 9.47. The van der Waals surface area contributed by atoms with Gasteiger partial charge in [-0.05, 0) is 18.6 Å². The number of aryl methyl sites for hydroxylation is 1. The predicted octanol–water partition coefficient (Wildman–Crippen LogP) is 0.876. The Morgan fingerprint density at radius 3 is 2.65 bits per heavy atom. The van der Waals surface area contributed by atoms with Crippen LogP contribution in [0.2, 0.25) is 0 Å². The van der Waals surface area contributed by atoms with E-state index in [0.29, 0.717) is 4.88 Å². The van der Waals surface area contributed by atoms with Gasteiger partial charge in [-0.1, -0.05) is 6.92 Å². The first-order valence-corrected chi connectivity index (χ1v) is 6.13. The van der Waals surface area contributed by atoms with Gasteiger partial charge in [0.15, 0.2) is 0 Å². The van der Waals surface area contributed by atoms with Gasteiger partial charge in [-0.3, -0.25) is 4.79 Å². The average molecular weight is 257 g/mol. The minimum atomic E-state index is -1.14. The Bertz CT molecular complexity index is 402. The fraction of sp³-hybridized carbons (Fsp3) is 0.455. The van der Waals surface area contributed by atoms with E-state index in [1.165, 1.54) is 11.3 Å². The molecule has 94 valence electrons. The Balaban J connectivity index is 2.66. The number of hydrogen-bond donors (Lipinski definition) is 3. The maximum absolute atomic E-state index is 11.7. The summed E-state index contributed by atoms with van der Waals surface area (Å²) in [6.45, 7) is 1.71. The van der Waals surface area contributed by atoms with Crippen LogP contribution < -0.4 is 5.32 Å². The minimum Gasteiger partial charge on any atom is -0.480 e. The highest BCUT2D eigenvalue weighted by Crippen LogP contribution is 2.16. The molecule has 0 radical (unpaired) electrons. The van der Waals surface area contributed by atoms with Crippen LogP contribution in [0.5, 0.6) is 0 Å². The van der Waals surface area contributed by atoms with E-state index in [9.17, 15) is 9.59 Å². The first kappa shape index (κ1) is 13.7. The number of carboxylic acids is 1. The Morgan fingerprint density at radius 1 is 1.47 bits per heavy atom. The molecule has 6 heteroatoms. The summed E-state index contributed by atoms with van der Waals surface area (Å²) in [5.74, 6) is -1.55. The third kappa shape index (κ3) is 3.83. The zero-order valence-corrected chi connectivity index (χ0v) is 10.3. The van der Waals surface area contributed by atoms with Gasteiger partial charge in [0.25, 0.3) is 5.91 Å². The van der Waals surface area contributed by atoms with Crippen LogP contribution >= 0.6 is 11.3 Å². The SMILES string of the molecule is CCc1ccc(C(=O)NC(CCO)C(=O)O)s1. The molecule has 17 heavy (non-hydrogen) atoms. The molecule has 0 aliphatic heterocycles. The summed E-state index contributed by atoms with van der Waals surface area (Å²) in [6.07, 6.45) is 0.851. The van der Waals surface area contributed by atoms with E-state index in [1.54, 1.807) is 6.07 Å². The highest BCUT2D eigenvalue weighted by Gasteiger charge is 2.20. The van der Waals surface area contributed by atoms with Gasteiger partial charge in [-0.2, -0.15) is 0 Å². The molecule has 3 N–H and O–H groups in total. The van der Waals surface area contributed by atoms with Crippen molar-refractivity contribution >= 4 is 23.2 Å². The van der Waals surface area contributed by atoms with Gasteiger partial charge in [0, 0.05) is 17.9 Å². The summed E-state index contributed by atoms with van der Waals surface area (Å²) < 4.78 is 0. The molecular formula is C11H15NO4S. The maximum atomic E-state index is 11.7. The fourth-order valence-corrected chi connectivity index (χ4v) is 2.16. The second kappa shape index (κ2) is 6.36. The molecule has 1 amide bonds. The van der Waals surface area contributed by atoms with E-state index in [2.05, 4.69) is 5.32 Å². The highest BCUT2D eigenvalue weighted by atomic mass is 32.1. The van der Waals surface area contributed by atoms with Crippen molar-refractivity contribution in [1.82, 2.24) is 5.32 Å². The number of nitrogens with one attached hydrogen (secondary N) is 1. The third-order valence-electron chi connectivity index (χ3n) is 2.26. The molecule has 0 saturated heterocycles. The van der Waals surface area contributed by atoms with Crippen molar-refractivity contribution in [2.75, 3.05) is 6.61 Å². The molecule has 1 aromatic heterocycles. The number of carboxylic acid groups (broad SMARTS) is 1. The van der Waals surface area contributed by atoms with E-state index >= 15 is 0 Å². The van der Waals surface area contributed by atoms with E-state index in [0.717, 1.165) is 11.3 Å². The average Bonchev–Trinajstić information content (AvgIpc) is 2.76. The molecule has 5 nitrogen and oxygen atoms in total. The second-order valence-corrected chi connectivity index (χ2v) is 4.66. The van der Waals surface area contributed by atoms with Crippen LogP contribution in [0.3, 0.4) is 0 Å². The summed E-state index contributed by atoms with van der Waals surface area (Å²) in [4.78, 5) is 24.1. The Morgan fingerprint density at radius 2 is 2.18 bits per heavy atom. The summed E-state index contributed by atoms with van der Waals surface area (Å²) in [5, 5.41) is 19.9. The van der Waals surface area contributed by atoms with Crippen LogP contribution in [0, 0.1) is 0 Å². The lowest BCUT2D eigenvalue weighted by molar-refractivity contribution is -0.139. The topological polar surface area (TPSA) is 86.6 Å². The monoisotopic (exact) mass is 257 g/mol. The first-order valence-electron chi connectivity index (χ1n) is 5.31. The highest BCUT2D eigenvalue weighted by molar-refractivity contribution is 7.14. The Kier molecular flexibility index (Phi) is 5.11. The van der Waals surface area contributed by atoms with Crippen molar-refractivity contribution in [2.45, 2.75) is 25.8 Å². The van der Waals surface area contributed by atoms with Crippen molar-refractivity contribution in [3.05, 3.63) is 21.9 Å². The minimum absolute atomic E-state index is 0.00703. The molecule has 0 fully saturated rings. The van der Waals surface area contributed by atoms with Crippen LogP contribution in [0.4, 0.5) is 0 Å². The second-order valence-electron chi connectivity index (χ2n) is 3.50. The van der Waals surface area contributed by atoms with Crippen molar-refractivity contribution in [3.8, 4) is 0 Å². The quantitative estimate of drug-likeness (QED) is 0.706. The number of rotatable bonds is 6. The number of aliphatic hydroxyl groups excluding tert-OH is 1. The van der Waals surface area contributed by atoms with E-state index in [-0.39, 0.29) is 13.0 Å². The van der Waals surface area contributed by atoms with E-state index in [4.69, 9.17) is 10.2 Å². The van der Waals surface area contributed by atoms with Gasteiger partial charge < -0.3 is 15.5 Å². The Hall–Kier alpha value is -1.40. The van der Waals surface area contributed by atoms with Gasteiger partial charge in [-0.25, -0.2) is 4.79 Å². The van der Waals surface area contributed by atoms with Gasteiger partial charge in [0.1, 0.15) is 6.04 Å². The number of carbonyl (C=O) groups excluding carboxylic acids is 1. The summed E-state index contributed by atoms with van der Waals surface area (Å²) in [5.41, 5.74) is 0. The van der Waals surface area contributed by atoms with Crippen LogP contribution in [0.25, 0.3) is 0 Å². The van der Waals surface area contributed by atoms with Crippen LogP contribution in [-0.2, 0) is 11.2 Å². The third-order valence-corrected chi connectivity index (χ3v) is 3.48. The molecule has 0 saturated carbocycles. The Labute approximate surface area is 103 Å². The molecule has 1 unspecified atom stereocenters. The number of hydrogen-bond acceptors (Lipinski definition) is 4. The van der Waals surface area contributed by atoms with E-state index < -0.39 is 17.9 Å². The molecule has 1 heterocycles. The predicted molar refractivity (Wildman–Crippen MR) is 64.3 cm³/mol. The number of amides is 1. The largest absolute Gasteiger partial charge is 0.480 e. The van der Waals surface area contributed by atoms with Crippen molar-refractivity contribution in [1.29, 1.82) is 0 Å². The van der Waals surface area contributed by atoms with Crippen LogP contribution in [-0.4, -0.2) is 34.7 Å². The normalized spacial score (nSPS) is 12.1. The molecule has 1 rings (SSSR count). The molecule has 1 atom stereocenters. The summed E-state index contributed by atoms with van der Waals surface area (Å²) in [6, 6.07) is 2.48. The fourth-order valence-electron chi connectivity index (χ4n) is 1.31. The van der Waals surface area contributed by atoms with Gasteiger partial charge >= 0.3 is 5.97 Å². The first-order chi connectivity index (χ1) is 8.08. The molecule has 0 spiro atoms. The number of aliphatic hydroxyl groups is 1. The lowest BCUT2D eigenvalue weighted by atomic mass is 10.2.